The smallest absolute Gasteiger partial charge is 0.319 e. The molecule has 1 aromatic carbocycles. The Morgan fingerprint density at radius 1 is 1.15 bits per heavy atom. The number of rotatable bonds is 4. The summed E-state index contributed by atoms with van der Waals surface area (Å²) in [6.07, 6.45) is 2.43. The number of hydrogen-bond acceptors (Lipinski definition) is 4. The van der Waals surface area contributed by atoms with Crippen molar-refractivity contribution in [3.63, 3.8) is 0 Å². The van der Waals surface area contributed by atoms with Gasteiger partial charge in [0.1, 0.15) is 5.82 Å². The first-order valence-corrected chi connectivity index (χ1v) is 8.95. The topological polar surface area (TPSA) is 90.9 Å². The van der Waals surface area contributed by atoms with Crippen molar-refractivity contribution in [2.24, 2.45) is 5.92 Å². The molecule has 2 amide bonds. The van der Waals surface area contributed by atoms with E-state index in [-0.39, 0.29) is 23.8 Å². The van der Waals surface area contributed by atoms with Crippen LogP contribution in [-0.4, -0.2) is 49.5 Å². The van der Waals surface area contributed by atoms with E-state index < -0.39 is 5.97 Å². The molecule has 1 saturated carbocycles. The summed E-state index contributed by atoms with van der Waals surface area (Å²) in [7, 11) is 0. The molecule has 8 heteroatoms. The minimum absolute atomic E-state index is 0.0373. The maximum absolute atomic E-state index is 14.1. The third kappa shape index (κ3) is 4.63. The van der Waals surface area contributed by atoms with E-state index in [4.69, 9.17) is 9.84 Å². The van der Waals surface area contributed by atoms with Crippen molar-refractivity contribution in [1.82, 2.24) is 5.32 Å². The van der Waals surface area contributed by atoms with Crippen LogP contribution in [0.25, 0.3) is 0 Å². The van der Waals surface area contributed by atoms with Gasteiger partial charge < -0.3 is 25.4 Å². The highest BCUT2D eigenvalue weighted by atomic mass is 19.1. The highest BCUT2D eigenvalue weighted by molar-refractivity contribution is 5.90. The van der Waals surface area contributed by atoms with Gasteiger partial charge in [0.2, 0.25) is 0 Å². The van der Waals surface area contributed by atoms with Gasteiger partial charge in [0, 0.05) is 24.8 Å². The van der Waals surface area contributed by atoms with Gasteiger partial charge in [0.15, 0.2) is 0 Å². The van der Waals surface area contributed by atoms with E-state index in [0.717, 1.165) is 0 Å². The first-order chi connectivity index (χ1) is 12.5. The van der Waals surface area contributed by atoms with Crippen LogP contribution in [0.15, 0.2) is 18.2 Å². The fourth-order valence-electron chi connectivity index (χ4n) is 3.47. The molecule has 1 aliphatic carbocycles. The van der Waals surface area contributed by atoms with E-state index in [9.17, 15) is 14.0 Å². The van der Waals surface area contributed by atoms with Gasteiger partial charge >= 0.3 is 12.0 Å². The molecule has 1 aliphatic heterocycles. The number of halogens is 1. The van der Waals surface area contributed by atoms with Crippen LogP contribution in [0, 0.1) is 11.7 Å². The number of nitrogens with zero attached hydrogens (tertiary/aromatic N) is 1. The van der Waals surface area contributed by atoms with Gasteiger partial charge in [0.05, 0.1) is 24.8 Å². The number of benzene rings is 1. The number of urea groups is 1. The second-order valence-electron chi connectivity index (χ2n) is 6.75. The quantitative estimate of drug-likeness (QED) is 0.762. The molecule has 2 aliphatic rings. The lowest BCUT2D eigenvalue weighted by Crippen LogP contribution is -2.41. The van der Waals surface area contributed by atoms with Crippen molar-refractivity contribution in [3.8, 4) is 0 Å². The second kappa shape index (κ2) is 8.35. The SMILES string of the molecule is O=C(Nc1ccc(F)c(N2CCOCC2)c1)NC1CCC(C(=O)O)CC1. The van der Waals surface area contributed by atoms with Crippen molar-refractivity contribution in [1.29, 1.82) is 0 Å². The maximum atomic E-state index is 14.1. The Kier molecular flexibility index (Phi) is 5.92. The molecule has 1 heterocycles. The molecular formula is C18H24FN3O4. The molecule has 0 unspecified atom stereocenters. The zero-order chi connectivity index (χ0) is 18.5. The number of anilines is 2. The number of nitrogens with one attached hydrogen (secondary N) is 2. The van der Waals surface area contributed by atoms with Crippen molar-refractivity contribution >= 4 is 23.4 Å². The van der Waals surface area contributed by atoms with Crippen LogP contribution in [-0.2, 0) is 9.53 Å². The van der Waals surface area contributed by atoms with Gasteiger partial charge in [0.25, 0.3) is 0 Å². The summed E-state index contributed by atoms with van der Waals surface area (Å²) in [6, 6.07) is 4.10. The number of carboxylic acids is 1. The van der Waals surface area contributed by atoms with Gasteiger partial charge in [-0.15, -0.1) is 0 Å². The van der Waals surface area contributed by atoms with Gasteiger partial charge in [-0.05, 0) is 43.9 Å². The molecule has 1 aromatic rings. The standard InChI is InChI=1S/C18H24FN3O4/c19-15-6-5-14(11-16(15)22-7-9-26-10-8-22)21-18(25)20-13-3-1-12(2-4-13)17(23)24/h5-6,11-13H,1-4,7-10H2,(H,23,24)(H2,20,21,25). The van der Waals surface area contributed by atoms with Gasteiger partial charge in [-0.3, -0.25) is 4.79 Å². The van der Waals surface area contributed by atoms with Gasteiger partial charge in [-0.25, -0.2) is 9.18 Å². The lowest BCUT2D eigenvalue weighted by molar-refractivity contribution is -0.142. The lowest BCUT2D eigenvalue weighted by atomic mass is 9.86. The van der Waals surface area contributed by atoms with E-state index in [2.05, 4.69) is 10.6 Å². The Labute approximate surface area is 151 Å². The predicted molar refractivity (Wildman–Crippen MR) is 95.0 cm³/mol. The molecular weight excluding hydrogens is 341 g/mol. The highest BCUT2D eigenvalue weighted by Crippen LogP contribution is 2.26. The highest BCUT2D eigenvalue weighted by Gasteiger charge is 2.26. The van der Waals surface area contributed by atoms with E-state index >= 15 is 0 Å². The molecule has 0 aromatic heterocycles. The zero-order valence-corrected chi connectivity index (χ0v) is 14.5. The third-order valence-electron chi connectivity index (χ3n) is 4.97. The Balaban J connectivity index is 1.55. The number of aliphatic carboxylic acids is 1. The fourth-order valence-corrected chi connectivity index (χ4v) is 3.47. The number of morpholine rings is 1. The van der Waals surface area contributed by atoms with Crippen LogP contribution < -0.4 is 15.5 Å². The number of hydrogen-bond donors (Lipinski definition) is 3. The first kappa shape index (κ1) is 18.4. The molecule has 3 rings (SSSR count). The monoisotopic (exact) mass is 365 g/mol. The van der Waals surface area contributed by atoms with E-state index in [1.165, 1.54) is 12.1 Å². The molecule has 0 bridgehead atoms. The van der Waals surface area contributed by atoms with Gasteiger partial charge in [-0.2, -0.15) is 0 Å². The fraction of sp³-hybridized carbons (Fsp3) is 0.556. The molecule has 3 N–H and O–H groups in total. The van der Waals surface area contributed by atoms with E-state index in [1.807, 2.05) is 4.90 Å². The molecule has 0 atom stereocenters. The van der Waals surface area contributed by atoms with Crippen molar-refractivity contribution in [2.45, 2.75) is 31.7 Å². The molecule has 2 fully saturated rings. The first-order valence-electron chi connectivity index (χ1n) is 8.95. The average molecular weight is 365 g/mol. The van der Waals surface area contributed by atoms with Crippen LogP contribution in [0.4, 0.5) is 20.6 Å². The minimum Gasteiger partial charge on any atom is -0.481 e. The third-order valence-corrected chi connectivity index (χ3v) is 4.97. The Hall–Kier alpha value is -2.35. The van der Waals surface area contributed by atoms with Crippen LogP contribution >= 0.6 is 0 Å². The Morgan fingerprint density at radius 3 is 2.50 bits per heavy atom. The van der Waals surface area contributed by atoms with E-state index in [1.54, 1.807) is 6.07 Å². The summed E-state index contributed by atoms with van der Waals surface area (Å²) < 4.78 is 19.4. The van der Waals surface area contributed by atoms with Crippen molar-refractivity contribution in [2.75, 3.05) is 36.5 Å². The largest absolute Gasteiger partial charge is 0.481 e. The number of carboxylic acid groups (broad SMARTS) is 1. The maximum Gasteiger partial charge on any atom is 0.319 e. The molecule has 142 valence electrons. The number of carbonyl (C=O) groups excluding carboxylic acids is 1. The normalized spacial score (nSPS) is 23.3. The van der Waals surface area contributed by atoms with Crippen molar-refractivity contribution < 1.29 is 23.8 Å². The summed E-state index contributed by atoms with van der Waals surface area (Å²) in [5.74, 6) is -1.41. The Bertz CT molecular complexity index is 656. The molecule has 0 spiro atoms. The summed E-state index contributed by atoms with van der Waals surface area (Å²) in [6.45, 7) is 2.33. The molecule has 1 saturated heterocycles. The van der Waals surface area contributed by atoms with Crippen LogP contribution in [0.2, 0.25) is 0 Å². The number of ether oxygens (including phenoxy) is 1. The molecule has 26 heavy (non-hydrogen) atoms. The molecule has 7 nitrogen and oxygen atoms in total. The van der Waals surface area contributed by atoms with Crippen LogP contribution in [0.3, 0.4) is 0 Å². The summed E-state index contributed by atoms with van der Waals surface area (Å²) in [4.78, 5) is 25.1. The van der Waals surface area contributed by atoms with Crippen LogP contribution in [0.5, 0.6) is 0 Å². The summed E-state index contributed by atoms with van der Waals surface area (Å²) in [5.41, 5.74) is 0.970. The average Bonchev–Trinajstić information content (AvgIpc) is 2.64. The van der Waals surface area contributed by atoms with Crippen LogP contribution in [0.1, 0.15) is 25.7 Å². The van der Waals surface area contributed by atoms with E-state index in [0.29, 0.717) is 63.4 Å². The summed E-state index contributed by atoms with van der Waals surface area (Å²) >= 11 is 0. The second-order valence-corrected chi connectivity index (χ2v) is 6.75. The van der Waals surface area contributed by atoms with Crippen molar-refractivity contribution in [3.05, 3.63) is 24.0 Å². The van der Waals surface area contributed by atoms with Gasteiger partial charge in [-0.1, -0.05) is 0 Å². The lowest BCUT2D eigenvalue weighted by Gasteiger charge is -2.29. The number of amides is 2. The minimum atomic E-state index is -0.769. The Morgan fingerprint density at radius 2 is 1.85 bits per heavy atom. The molecule has 0 radical (unpaired) electrons. The number of carbonyl (C=O) groups is 2. The summed E-state index contributed by atoms with van der Waals surface area (Å²) in [5, 5.41) is 14.6. The zero-order valence-electron chi connectivity index (χ0n) is 14.5. The predicted octanol–water partition coefficient (Wildman–Crippen LogP) is 2.43.